The van der Waals surface area contributed by atoms with Gasteiger partial charge in [0.05, 0.1) is 5.75 Å². The minimum absolute atomic E-state index is 0.00912. The van der Waals surface area contributed by atoms with E-state index in [0.29, 0.717) is 5.56 Å². The van der Waals surface area contributed by atoms with Gasteiger partial charge < -0.3 is 0 Å². The van der Waals surface area contributed by atoms with Crippen LogP contribution in [-0.2, 0) is 16.4 Å². The maximum atomic E-state index is 11.3. The Kier molecular flexibility index (Phi) is 3.48. The van der Waals surface area contributed by atoms with E-state index in [4.69, 9.17) is 0 Å². The lowest BCUT2D eigenvalue weighted by atomic mass is 10.4. The third kappa shape index (κ3) is 2.93. The summed E-state index contributed by atoms with van der Waals surface area (Å²) in [6.07, 6.45) is 1.33. The van der Waals surface area contributed by atoms with Crippen molar-refractivity contribution in [3.05, 3.63) is 44.6 Å². The Labute approximate surface area is 92.2 Å². The molecule has 0 aliphatic carbocycles. The number of nitrogens with zero attached hydrogens (tertiary/aromatic N) is 1. The van der Waals surface area contributed by atoms with Crippen molar-refractivity contribution >= 4 is 9.84 Å². The highest BCUT2D eigenvalue weighted by atomic mass is 32.2. The fraction of sp³-hybridized carbons (Fsp3) is 0.333. The average molecular weight is 244 g/mol. The van der Waals surface area contributed by atoms with Crippen molar-refractivity contribution < 1.29 is 8.42 Å². The molecule has 6 nitrogen and oxygen atoms in total. The van der Waals surface area contributed by atoms with Crippen LogP contribution in [-0.4, -0.2) is 23.7 Å². The molecule has 88 valence electrons. The van der Waals surface area contributed by atoms with Gasteiger partial charge in [-0.25, -0.2) is 13.2 Å². The zero-order chi connectivity index (χ0) is 12.3. The molecular weight excluding hydrogens is 232 g/mol. The Morgan fingerprint density at radius 1 is 1.50 bits per heavy atom. The Morgan fingerprint density at radius 2 is 2.12 bits per heavy atom. The molecule has 16 heavy (non-hydrogen) atoms. The van der Waals surface area contributed by atoms with Gasteiger partial charge in [-0.05, 0) is 6.92 Å². The first kappa shape index (κ1) is 12.4. The molecule has 0 unspecified atom stereocenters. The number of rotatable bonds is 4. The molecule has 1 rings (SSSR count). The quantitative estimate of drug-likeness (QED) is 0.766. The van der Waals surface area contributed by atoms with Crippen LogP contribution in [0.15, 0.2) is 27.8 Å². The van der Waals surface area contributed by atoms with Crippen molar-refractivity contribution in [3.8, 4) is 0 Å². The number of hydrogen-bond donors (Lipinski definition) is 1. The van der Waals surface area contributed by atoms with E-state index in [1.54, 1.807) is 0 Å². The van der Waals surface area contributed by atoms with E-state index in [1.165, 1.54) is 13.1 Å². The van der Waals surface area contributed by atoms with Gasteiger partial charge in [0.1, 0.15) is 0 Å². The van der Waals surface area contributed by atoms with E-state index in [1.807, 2.05) is 0 Å². The molecule has 0 aromatic carbocycles. The fourth-order valence-electron chi connectivity index (χ4n) is 1.09. The number of aromatic amines is 1. The summed E-state index contributed by atoms with van der Waals surface area (Å²) in [5, 5.41) is 0.844. The molecule has 0 radical (unpaired) electrons. The second-order valence-electron chi connectivity index (χ2n) is 3.30. The average Bonchev–Trinajstić information content (AvgIpc) is 2.22. The van der Waals surface area contributed by atoms with Gasteiger partial charge in [0, 0.05) is 23.7 Å². The monoisotopic (exact) mass is 244 g/mol. The third-order valence-electron chi connectivity index (χ3n) is 2.06. The summed E-state index contributed by atoms with van der Waals surface area (Å²) in [5.74, 6) is -0.220. The highest BCUT2D eigenvalue weighted by Gasteiger charge is 2.07. The minimum Gasteiger partial charge on any atom is -0.299 e. The molecule has 0 amide bonds. The molecule has 1 heterocycles. The Morgan fingerprint density at radius 3 is 2.69 bits per heavy atom. The largest absolute Gasteiger partial charge is 0.328 e. The topological polar surface area (TPSA) is 89.0 Å². The van der Waals surface area contributed by atoms with Crippen molar-refractivity contribution in [1.29, 1.82) is 0 Å². The van der Waals surface area contributed by atoms with Crippen LogP contribution >= 0.6 is 0 Å². The van der Waals surface area contributed by atoms with Crippen molar-refractivity contribution in [2.75, 3.05) is 5.75 Å². The number of hydrogen-bond acceptors (Lipinski definition) is 4. The lowest BCUT2D eigenvalue weighted by Crippen LogP contribution is -2.32. The van der Waals surface area contributed by atoms with Gasteiger partial charge in [0.15, 0.2) is 9.84 Å². The number of aryl methyl sites for hydroxylation is 2. The standard InChI is InChI=1S/C9H12N2O4S/c1-3-16(14,15)5-4-11-6-7(2)8(12)10-9(11)13/h3,6H,1,4-5H2,2H3,(H,10,12,13). The normalized spacial score (nSPS) is 11.3. The van der Waals surface area contributed by atoms with Gasteiger partial charge in [-0.3, -0.25) is 14.3 Å². The number of aromatic nitrogens is 2. The minimum atomic E-state index is -3.35. The van der Waals surface area contributed by atoms with Crippen LogP contribution in [0.3, 0.4) is 0 Å². The summed E-state index contributed by atoms with van der Waals surface area (Å²) >= 11 is 0. The van der Waals surface area contributed by atoms with Crippen molar-refractivity contribution in [2.45, 2.75) is 13.5 Å². The van der Waals surface area contributed by atoms with Crippen LogP contribution in [0.1, 0.15) is 5.56 Å². The Bertz CT molecular complexity index is 609. The van der Waals surface area contributed by atoms with Crippen LogP contribution in [0.4, 0.5) is 0 Å². The summed E-state index contributed by atoms with van der Waals surface area (Å²) in [4.78, 5) is 24.4. The van der Waals surface area contributed by atoms with Gasteiger partial charge in [0.2, 0.25) is 0 Å². The Balaban J connectivity index is 3.00. The summed E-state index contributed by atoms with van der Waals surface area (Å²) in [5.41, 5.74) is -0.724. The molecule has 0 spiro atoms. The smallest absolute Gasteiger partial charge is 0.299 e. The predicted octanol–water partition coefficient (Wildman–Crippen LogP) is -0.597. The molecule has 1 aromatic rings. The van der Waals surface area contributed by atoms with Crippen molar-refractivity contribution in [2.24, 2.45) is 0 Å². The Hall–Kier alpha value is -1.63. The lowest BCUT2D eigenvalue weighted by Gasteiger charge is -2.04. The van der Waals surface area contributed by atoms with E-state index in [2.05, 4.69) is 11.6 Å². The van der Waals surface area contributed by atoms with Crippen LogP contribution < -0.4 is 11.2 Å². The molecule has 1 aromatic heterocycles. The van der Waals surface area contributed by atoms with Gasteiger partial charge in [0.25, 0.3) is 5.56 Å². The first-order valence-electron chi connectivity index (χ1n) is 4.51. The molecule has 0 saturated heterocycles. The maximum absolute atomic E-state index is 11.3. The molecule has 1 N–H and O–H groups in total. The SMILES string of the molecule is C=CS(=O)(=O)CCn1cc(C)c(=O)[nH]c1=O. The lowest BCUT2D eigenvalue weighted by molar-refractivity contribution is 0.593. The first-order valence-corrected chi connectivity index (χ1v) is 6.23. The highest BCUT2D eigenvalue weighted by molar-refractivity contribution is 7.94. The van der Waals surface area contributed by atoms with Crippen LogP contribution in [0.25, 0.3) is 0 Å². The zero-order valence-corrected chi connectivity index (χ0v) is 9.58. The molecule has 0 aliphatic rings. The van der Waals surface area contributed by atoms with Gasteiger partial charge >= 0.3 is 5.69 Å². The van der Waals surface area contributed by atoms with Gasteiger partial charge in [-0.15, -0.1) is 0 Å². The van der Waals surface area contributed by atoms with Crippen molar-refractivity contribution in [3.63, 3.8) is 0 Å². The van der Waals surface area contributed by atoms with E-state index < -0.39 is 21.1 Å². The van der Waals surface area contributed by atoms with Gasteiger partial charge in [-0.1, -0.05) is 6.58 Å². The molecule has 0 atom stereocenters. The highest BCUT2D eigenvalue weighted by Crippen LogP contribution is 1.93. The van der Waals surface area contributed by atoms with Crippen molar-refractivity contribution in [1.82, 2.24) is 9.55 Å². The summed E-state index contributed by atoms with van der Waals surface area (Å²) in [6.45, 7) is 4.69. The molecule has 0 bridgehead atoms. The molecule has 0 aliphatic heterocycles. The second-order valence-corrected chi connectivity index (χ2v) is 5.37. The molecule has 0 fully saturated rings. The molecular formula is C9H12N2O4S. The summed E-state index contributed by atoms with van der Waals surface area (Å²) < 4.78 is 23.4. The van der Waals surface area contributed by atoms with Crippen LogP contribution in [0.2, 0.25) is 0 Å². The molecule has 7 heteroatoms. The van der Waals surface area contributed by atoms with Gasteiger partial charge in [-0.2, -0.15) is 0 Å². The maximum Gasteiger partial charge on any atom is 0.328 e. The van der Waals surface area contributed by atoms with E-state index >= 15 is 0 Å². The second kappa shape index (κ2) is 4.48. The van der Waals surface area contributed by atoms with E-state index in [-0.39, 0.29) is 12.3 Å². The van der Waals surface area contributed by atoms with E-state index in [9.17, 15) is 18.0 Å². The summed E-state index contributed by atoms with van der Waals surface area (Å²) in [7, 11) is -3.35. The van der Waals surface area contributed by atoms with E-state index in [0.717, 1.165) is 9.98 Å². The zero-order valence-electron chi connectivity index (χ0n) is 8.76. The van der Waals surface area contributed by atoms with Crippen LogP contribution in [0, 0.1) is 6.92 Å². The van der Waals surface area contributed by atoms with Crippen LogP contribution in [0.5, 0.6) is 0 Å². The first-order chi connectivity index (χ1) is 7.35. The number of H-pyrrole nitrogens is 1. The number of sulfone groups is 1. The predicted molar refractivity (Wildman–Crippen MR) is 60.0 cm³/mol. The number of nitrogens with one attached hydrogen (secondary N) is 1. The molecule has 0 saturated carbocycles. The third-order valence-corrected chi connectivity index (χ3v) is 3.32. The fourth-order valence-corrected chi connectivity index (χ4v) is 1.71. The summed E-state index contributed by atoms with van der Waals surface area (Å²) in [6, 6.07) is 0.